The quantitative estimate of drug-likeness (QED) is 0.858. The number of anilines is 1. The molecule has 0 radical (unpaired) electrons. The lowest BCUT2D eigenvalue weighted by atomic mass is 10.2. The summed E-state index contributed by atoms with van der Waals surface area (Å²) in [5.74, 6) is 1.21. The fraction of sp³-hybridized carbons (Fsp3) is 0.188. The molecule has 2 rings (SSSR count). The van der Waals surface area contributed by atoms with Crippen LogP contribution < -0.4 is 5.32 Å². The Hall–Kier alpha value is -1.78. The van der Waals surface area contributed by atoms with E-state index in [0.29, 0.717) is 5.75 Å². The Balaban J connectivity index is 1.77. The minimum atomic E-state index is -0.0268. The first kappa shape index (κ1) is 14.6. The number of amides is 1. The molecule has 0 aliphatic rings. The Morgan fingerprint density at radius 1 is 1.05 bits per heavy atom. The van der Waals surface area contributed by atoms with Crippen LogP contribution in [0.15, 0.2) is 54.6 Å². The maximum atomic E-state index is 11.8. The summed E-state index contributed by atoms with van der Waals surface area (Å²) in [5, 5.41) is 11.9. The first-order valence-electron chi connectivity index (χ1n) is 6.39. The van der Waals surface area contributed by atoms with Gasteiger partial charge in [0, 0.05) is 11.4 Å². The first-order valence-corrected chi connectivity index (χ1v) is 7.55. The topological polar surface area (TPSA) is 49.3 Å². The molecule has 0 heterocycles. The SMILES string of the molecule is O=C(CSCc1ccccc1)Nc1cccc(CO)c1. The van der Waals surface area contributed by atoms with Crippen molar-refractivity contribution in [2.45, 2.75) is 12.4 Å². The molecule has 3 nitrogen and oxygen atoms in total. The number of hydrogen-bond donors (Lipinski definition) is 2. The number of aliphatic hydroxyl groups is 1. The van der Waals surface area contributed by atoms with E-state index < -0.39 is 0 Å². The van der Waals surface area contributed by atoms with Gasteiger partial charge in [0.2, 0.25) is 5.91 Å². The maximum Gasteiger partial charge on any atom is 0.234 e. The highest BCUT2D eigenvalue weighted by Gasteiger charge is 2.03. The van der Waals surface area contributed by atoms with Crippen LogP contribution in [-0.2, 0) is 17.2 Å². The zero-order chi connectivity index (χ0) is 14.2. The van der Waals surface area contributed by atoms with Crippen LogP contribution in [0.5, 0.6) is 0 Å². The van der Waals surface area contributed by atoms with Crippen molar-refractivity contribution in [3.8, 4) is 0 Å². The van der Waals surface area contributed by atoms with Crippen molar-refractivity contribution in [3.05, 3.63) is 65.7 Å². The predicted molar refractivity (Wildman–Crippen MR) is 83.6 cm³/mol. The third-order valence-corrected chi connectivity index (χ3v) is 3.74. The van der Waals surface area contributed by atoms with Gasteiger partial charge in [-0.05, 0) is 23.3 Å². The minimum Gasteiger partial charge on any atom is -0.392 e. The molecule has 0 unspecified atom stereocenters. The summed E-state index contributed by atoms with van der Waals surface area (Å²) in [6.07, 6.45) is 0. The molecule has 104 valence electrons. The van der Waals surface area contributed by atoms with E-state index in [4.69, 9.17) is 5.11 Å². The van der Waals surface area contributed by atoms with Gasteiger partial charge < -0.3 is 10.4 Å². The zero-order valence-electron chi connectivity index (χ0n) is 11.1. The van der Waals surface area contributed by atoms with E-state index in [1.807, 2.05) is 36.4 Å². The molecule has 0 fully saturated rings. The summed E-state index contributed by atoms with van der Waals surface area (Å²) in [7, 11) is 0. The summed E-state index contributed by atoms with van der Waals surface area (Å²) in [6, 6.07) is 17.3. The van der Waals surface area contributed by atoms with Crippen LogP contribution in [-0.4, -0.2) is 16.8 Å². The Labute approximate surface area is 123 Å². The highest BCUT2D eigenvalue weighted by molar-refractivity contribution is 7.99. The summed E-state index contributed by atoms with van der Waals surface area (Å²) in [4.78, 5) is 11.8. The maximum absolute atomic E-state index is 11.8. The first-order chi connectivity index (χ1) is 9.78. The van der Waals surface area contributed by atoms with E-state index in [-0.39, 0.29) is 12.5 Å². The molecule has 4 heteroatoms. The number of rotatable bonds is 6. The number of aliphatic hydroxyl groups excluding tert-OH is 1. The van der Waals surface area contributed by atoms with E-state index in [2.05, 4.69) is 17.4 Å². The minimum absolute atomic E-state index is 0.0214. The van der Waals surface area contributed by atoms with Crippen LogP contribution in [0.1, 0.15) is 11.1 Å². The van der Waals surface area contributed by atoms with Gasteiger partial charge in [-0.15, -0.1) is 11.8 Å². The molecule has 20 heavy (non-hydrogen) atoms. The lowest BCUT2D eigenvalue weighted by molar-refractivity contribution is -0.113. The lowest BCUT2D eigenvalue weighted by Crippen LogP contribution is -2.14. The van der Waals surface area contributed by atoms with Gasteiger partial charge >= 0.3 is 0 Å². The Bertz CT molecular complexity index is 557. The summed E-state index contributed by atoms with van der Waals surface area (Å²) in [6.45, 7) is -0.0214. The van der Waals surface area contributed by atoms with Gasteiger partial charge in [-0.2, -0.15) is 0 Å². The number of thioether (sulfide) groups is 1. The van der Waals surface area contributed by atoms with Crippen LogP contribution in [0, 0.1) is 0 Å². The van der Waals surface area contributed by atoms with E-state index >= 15 is 0 Å². The van der Waals surface area contributed by atoms with Gasteiger partial charge in [0.1, 0.15) is 0 Å². The predicted octanol–water partition coefficient (Wildman–Crippen LogP) is 3.05. The second-order valence-corrected chi connectivity index (χ2v) is 5.37. The molecule has 2 aromatic rings. The van der Waals surface area contributed by atoms with E-state index in [1.165, 1.54) is 5.56 Å². The molecule has 0 saturated carbocycles. The molecule has 0 spiro atoms. The van der Waals surface area contributed by atoms with Crippen LogP contribution in [0.25, 0.3) is 0 Å². The zero-order valence-corrected chi connectivity index (χ0v) is 11.9. The number of benzene rings is 2. The van der Waals surface area contributed by atoms with E-state index in [0.717, 1.165) is 17.0 Å². The Morgan fingerprint density at radius 2 is 1.80 bits per heavy atom. The van der Waals surface area contributed by atoms with Crippen LogP contribution >= 0.6 is 11.8 Å². The molecule has 2 N–H and O–H groups in total. The summed E-state index contributed by atoms with van der Waals surface area (Å²) >= 11 is 1.58. The molecule has 0 aliphatic carbocycles. The average Bonchev–Trinajstić information content (AvgIpc) is 2.48. The number of hydrogen-bond acceptors (Lipinski definition) is 3. The number of nitrogens with one attached hydrogen (secondary N) is 1. The molecule has 0 atom stereocenters. The number of carbonyl (C=O) groups excluding carboxylic acids is 1. The molecule has 0 bridgehead atoms. The average molecular weight is 287 g/mol. The van der Waals surface area contributed by atoms with Gasteiger partial charge in [0.05, 0.1) is 12.4 Å². The summed E-state index contributed by atoms with van der Waals surface area (Å²) in [5.41, 5.74) is 2.73. The molecular formula is C16H17NO2S. The second kappa shape index (κ2) is 7.72. The largest absolute Gasteiger partial charge is 0.392 e. The third-order valence-electron chi connectivity index (χ3n) is 2.74. The van der Waals surface area contributed by atoms with Crippen molar-refractivity contribution in [2.24, 2.45) is 0 Å². The fourth-order valence-electron chi connectivity index (χ4n) is 1.78. The van der Waals surface area contributed by atoms with Gasteiger partial charge in [0.25, 0.3) is 0 Å². The van der Waals surface area contributed by atoms with Crippen molar-refractivity contribution >= 4 is 23.4 Å². The number of carbonyl (C=O) groups is 1. The van der Waals surface area contributed by atoms with Crippen molar-refractivity contribution in [1.82, 2.24) is 0 Å². The highest BCUT2D eigenvalue weighted by Crippen LogP contribution is 2.14. The monoisotopic (exact) mass is 287 g/mol. The lowest BCUT2D eigenvalue weighted by Gasteiger charge is -2.06. The van der Waals surface area contributed by atoms with E-state index in [1.54, 1.807) is 17.8 Å². The summed E-state index contributed by atoms with van der Waals surface area (Å²) < 4.78 is 0. The van der Waals surface area contributed by atoms with Gasteiger partial charge in [-0.1, -0.05) is 42.5 Å². The van der Waals surface area contributed by atoms with Crippen molar-refractivity contribution in [3.63, 3.8) is 0 Å². The van der Waals surface area contributed by atoms with Crippen LogP contribution in [0.4, 0.5) is 5.69 Å². The molecular weight excluding hydrogens is 270 g/mol. The Morgan fingerprint density at radius 3 is 2.55 bits per heavy atom. The second-order valence-electron chi connectivity index (χ2n) is 4.39. The molecule has 0 aromatic heterocycles. The standard InChI is InChI=1S/C16H17NO2S/c18-10-14-7-4-8-15(9-14)17-16(19)12-20-11-13-5-2-1-3-6-13/h1-9,18H,10-12H2,(H,17,19). The van der Waals surface area contributed by atoms with Crippen LogP contribution in [0.3, 0.4) is 0 Å². The normalized spacial score (nSPS) is 10.2. The van der Waals surface area contributed by atoms with Gasteiger partial charge in [-0.3, -0.25) is 4.79 Å². The van der Waals surface area contributed by atoms with E-state index in [9.17, 15) is 4.79 Å². The molecule has 0 aliphatic heterocycles. The van der Waals surface area contributed by atoms with Gasteiger partial charge in [-0.25, -0.2) is 0 Å². The van der Waals surface area contributed by atoms with Crippen molar-refractivity contribution in [1.29, 1.82) is 0 Å². The van der Waals surface area contributed by atoms with Crippen LogP contribution in [0.2, 0.25) is 0 Å². The molecule has 1 amide bonds. The van der Waals surface area contributed by atoms with Crippen molar-refractivity contribution in [2.75, 3.05) is 11.1 Å². The molecule has 2 aromatic carbocycles. The van der Waals surface area contributed by atoms with Gasteiger partial charge in [0.15, 0.2) is 0 Å². The molecule has 0 saturated heterocycles. The van der Waals surface area contributed by atoms with Crippen molar-refractivity contribution < 1.29 is 9.90 Å². The third kappa shape index (κ3) is 4.72. The highest BCUT2D eigenvalue weighted by atomic mass is 32.2. The Kier molecular flexibility index (Phi) is 5.65. The fourth-order valence-corrected chi connectivity index (χ4v) is 2.57. The smallest absolute Gasteiger partial charge is 0.234 e.